The van der Waals surface area contributed by atoms with E-state index >= 15 is 0 Å². The third kappa shape index (κ3) is 14.9. The van der Waals surface area contributed by atoms with Crippen molar-refractivity contribution in [3.05, 3.63) is 70.9 Å². The van der Waals surface area contributed by atoms with E-state index in [1.807, 2.05) is 88.7 Å². The maximum Gasteiger partial charge on any atom is 0.408 e. The number of hydrogen-bond donors (Lipinski definition) is 5. The molecule has 60 heavy (non-hydrogen) atoms. The minimum atomic E-state index is -0.895. The number of β-amino-alcohol motifs (C(OH)–C–C–N with tert-alkyl or cyclic N) is 1. The molecule has 2 heterocycles. The van der Waals surface area contributed by atoms with Crippen LogP contribution >= 0.6 is 11.3 Å². The van der Waals surface area contributed by atoms with Crippen LogP contribution in [0.2, 0.25) is 0 Å². The number of ether oxygens (including phenoxy) is 2. The fourth-order valence-electron chi connectivity index (χ4n) is 7.06. The molecule has 6 N–H and O–H groups in total. The second-order valence-electron chi connectivity index (χ2n) is 17.7. The van der Waals surface area contributed by atoms with Gasteiger partial charge in [-0.2, -0.15) is 0 Å². The molecule has 3 aromatic rings. The molecule has 2 aromatic carbocycles. The van der Waals surface area contributed by atoms with Crippen molar-refractivity contribution in [1.82, 2.24) is 25.8 Å². The number of likely N-dealkylation sites (tertiary alicyclic amines) is 1. The van der Waals surface area contributed by atoms with Crippen molar-refractivity contribution in [2.75, 3.05) is 6.54 Å². The van der Waals surface area contributed by atoms with Crippen molar-refractivity contribution < 1.29 is 38.6 Å². The number of thiazole rings is 1. The van der Waals surface area contributed by atoms with Crippen LogP contribution in [0.5, 0.6) is 5.75 Å². The van der Waals surface area contributed by atoms with E-state index in [1.54, 1.807) is 32.1 Å². The van der Waals surface area contributed by atoms with E-state index in [9.17, 15) is 29.1 Å². The smallest absolute Gasteiger partial charge is 0.408 e. The molecule has 0 spiro atoms. The van der Waals surface area contributed by atoms with Crippen molar-refractivity contribution in [2.45, 2.75) is 149 Å². The highest BCUT2D eigenvalue weighted by atomic mass is 32.1. The Morgan fingerprint density at radius 3 is 2.32 bits per heavy atom. The third-order valence-electron chi connectivity index (χ3n) is 10.3. The number of benzene rings is 2. The number of rotatable bonds is 19. The van der Waals surface area contributed by atoms with Gasteiger partial charge in [-0.1, -0.05) is 63.6 Å². The van der Waals surface area contributed by atoms with E-state index in [4.69, 9.17) is 15.2 Å². The van der Waals surface area contributed by atoms with E-state index in [0.29, 0.717) is 12.2 Å². The molecule has 1 aromatic heterocycles. The molecular formula is C45H64N6O8S. The number of aryl methyl sites for hydroxylation is 2. The van der Waals surface area contributed by atoms with Gasteiger partial charge in [-0.05, 0) is 94.5 Å². The van der Waals surface area contributed by atoms with E-state index in [0.717, 1.165) is 46.5 Å². The summed E-state index contributed by atoms with van der Waals surface area (Å²) in [6, 6.07) is 13.3. The van der Waals surface area contributed by atoms with Crippen molar-refractivity contribution in [3.63, 3.8) is 0 Å². The maximum absolute atomic E-state index is 14.0. The normalized spacial score (nSPS) is 17.0. The maximum atomic E-state index is 14.0. The summed E-state index contributed by atoms with van der Waals surface area (Å²) in [5, 5.41) is 19.3. The number of hydrogen-bond acceptors (Lipinski definition) is 10. The Morgan fingerprint density at radius 2 is 1.68 bits per heavy atom. The lowest BCUT2D eigenvalue weighted by Gasteiger charge is -2.35. The van der Waals surface area contributed by atoms with Crippen molar-refractivity contribution in [3.8, 4) is 16.2 Å². The van der Waals surface area contributed by atoms with Gasteiger partial charge in [-0.25, -0.2) is 9.78 Å². The van der Waals surface area contributed by atoms with E-state index < -0.39 is 59.3 Å². The standard InChI is InChI=1S/C45H64N6O8S/c1-28-39(60-27-48-28)32-19-17-31(18-20-32)25-47-41(55)36-24-33(52)26-51(36)42(56)40(44(3,4)5)50-38(54)16-11-9-10-13-30-14-12-15-34(23-30)58-29(2)35(21-22-37(46)53)49-43(57)59-45(6,7)8/h12,14-15,17-20,23,27,29,33,35-36,40,52H,9-11,13,16,21-22,24-26H2,1-8H3,(H2,46,53)(H,47,55)(H,49,57)(H,50,54)/t29-,33-,35+,36+,40-/m1/s1. The number of aliphatic hydroxyl groups excluding tert-OH is 1. The second-order valence-corrected chi connectivity index (χ2v) is 18.6. The molecule has 14 nitrogen and oxygen atoms in total. The number of aromatic nitrogens is 1. The van der Waals surface area contributed by atoms with Gasteiger partial charge in [0.15, 0.2) is 0 Å². The zero-order valence-corrected chi connectivity index (χ0v) is 37.2. The number of nitrogens with one attached hydrogen (secondary N) is 3. The summed E-state index contributed by atoms with van der Waals surface area (Å²) in [4.78, 5) is 71.5. The Morgan fingerprint density at radius 1 is 0.967 bits per heavy atom. The molecule has 0 radical (unpaired) electrons. The monoisotopic (exact) mass is 848 g/mol. The summed E-state index contributed by atoms with van der Waals surface area (Å²) in [5.41, 5.74) is 9.81. The summed E-state index contributed by atoms with van der Waals surface area (Å²) in [6.45, 7) is 15.0. The zero-order chi connectivity index (χ0) is 44.2. The van der Waals surface area contributed by atoms with Crippen LogP contribution in [0.3, 0.4) is 0 Å². The van der Waals surface area contributed by atoms with Gasteiger partial charge >= 0.3 is 6.09 Å². The lowest BCUT2D eigenvalue weighted by molar-refractivity contribution is -0.144. The molecule has 0 aliphatic carbocycles. The first kappa shape index (κ1) is 47.7. The molecule has 1 saturated heterocycles. The number of nitrogens with two attached hydrogens (primary N) is 1. The zero-order valence-electron chi connectivity index (χ0n) is 36.3. The van der Waals surface area contributed by atoms with Gasteiger partial charge in [0, 0.05) is 32.4 Å². The van der Waals surface area contributed by atoms with Crippen molar-refractivity contribution in [1.29, 1.82) is 0 Å². The summed E-state index contributed by atoms with van der Waals surface area (Å²) >= 11 is 1.57. The fourth-order valence-corrected chi connectivity index (χ4v) is 7.87. The molecule has 5 atom stereocenters. The molecule has 0 saturated carbocycles. The number of aliphatic hydroxyl groups is 1. The number of carbonyl (C=O) groups is 5. The Hall–Kier alpha value is -5.02. The van der Waals surface area contributed by atoms with Gasteiger partial charge in [0.2, 0.25) is 23.6 Å². The molecule has 1 aliphatic rings. The molecule has 4 rings (SSSR count). The van der Waals surface area contributed by atoms with Crippen molar-refractivity contribution >= 4 is 41.1 Å². The van der Waals surface area contributed by atoms with Gasteiger partial charge < -0.3 is 41.2 Å². The molecule has 328 valence electrons. The van der Waals surface area contributed by atoms with Crippen LogP contribution < -0.4 is 26.4 Å². The van der Waals surface area contributed by atoms with E-state index in [2.05, 4.69) is 20.9 Å². The first-order chi connectivity index (χ1) is 28.2. The number of unbranched alkanes of at least 4 members (excludes halogenated alkanes) is 2. The lowest BCUT2D eigenvalue weighted by Crippen LogP contribution is -2.57. The minimum absolute atomic E-state index is 0.00622. The average Bonchev–Trinajstić information content (AvgIpc) is 3.78. The number of alkyl carbamates (subject to hydrolysis) is 1. The van der Waals surface area contributed by atoms with Crippen LogP contribution in [0.4, 0.5) is 4.79 Å². The predicted octanol–water partition coefficient (Wildman–Crippen LogP) is 5.96. The number of amides is 5. The van der Waals surface area contributed by atoms with Gasteiger partial charge in [0.05, 0.1) is 28.2 Å². The molecule has 0 unspecified atom stereocenters. The van der Waals surface area contributed by atoms with Crippen molar-refractivity contribution in [2.24, 2.45) is 11.1 Å². The Kier molecular flexibility index (Phi) is 17.1. The Balaban J connectivity index is 1.25. The van der Waals surface area contributed by atoms with Crippen LogP contribution in [0.25, 0.3) is 10.4 Å². The Bertz CT molecular complexity index is 1920. The molecule has 0 bridgehead atoms. The number of carbonyl (C=O) groups excluding carboxylic acids is 5. The van der Waals surface area contributed by atoms with Gasteiger partial charge in [-0.15, -0.1) is 11.3 Å². The van der Waals surface area contributed by atoms with Crippen LogP contribution in [-0.4, -0.2) is 87.2 Å². The van der Waals surface area contributed by atoms with Crippen LogP contribution in [0.1, 0.15) is 110 Å². The van der Waals surface area contributed by atoms with Gasteiger partial charge in [0.1, 0.15) is 29.5 Å². The second kappa shape index (κ2) is 21.5. The predicted molar refractivity (Wildman–Crippen MR) is 232 cm³/mol. The van der Waals surface area contributed by atoms with Crippen LogP contribution in [0, 0.1) is 12.3 Å². The molecular weight excluding hydrogens is 785 g/mol. The quantitative estimate of drug-likeness (QED) is 0.0903. The van der Waals surface area contributed by atoms with Gasteiger partial charge in [0.25, 0.3) is 0 Å². The summed E-state index contributed by atoms with van der Waals surface area (Å²) in [7, 11) is 0. The topological polar surface area (TPSA) is 202 Å². The first-order valence-corrected chi connectivity index (χ1v) is 21.7. The van der Waals surface area contributed by atoms with E-state index in [-0.39, 0.29) is 50.6 Å². The molecule has 15 heteroatoms. The van der Waals surface area contributed by atoms with Gasteiger partial charge in [-0.3, -0.25) is 19.2 Å². The first-order valence-electron chi connectivity index (χ1n) is 20.8. The molecule has 1 fully saturated rings. The van der Waals surface area contributed by atoms with E-state index in [1.165, 1.54) is 4.90 Å². The number of nitrogens with zero attached hydrogens (tertiary/aromatic N) is 2. The summed E-state index contributed by atoms with van der Waals surface area (Å²) in [5.74, 6) is -0.863. The van der Waals surface area contributed by atoms with Crippen LogP contribution in [0.15, 0.2) is 54.0 Å². The highest BCUT2D eigenvalue weighted by Crippen LogP contribution is 2.29. The minimum Gasteiger partial charge on any atom is -0.489 e. The van der Waals surface area contributed by atoms with Crippen LogP contribution in [-0.2, 0) is 36.9 Å². The lowest BCUT2D eigenvalue weighted by atomic mass is 9.85. The SMILES string of the molecule is Cc1ncsc1-c1ccc(CNC(=O)[C@@H]2C[C@@H](O)CN2C(=O)[C@@H](NC(=O)CCCCCc2cccc(O[C@H](C)[C@H](CCC(N)=O)NC(=O)OC(C)(C)C)c2)C(C)(C)C)cc1. The highest BCUT2D eigenvalue weighted by Gasteiger charge is 2.44. The largest absolute Gasteiger partial charge is 0.489 e. The fraction of sp³-hybridized carbons (Fsp3) is 0.556. The number of primary amides is 1. The third-order valence-corrected chi connectivity index (χ3v) is 11.2. The Labute approximate surface area is 358 Å². The highest BCUT2D eigenvalue weighted by molar-refractivity contribution is 7.13. The molecule has 5 amide bonds. The average molecular weight is 849 g/mol. The molecule has 1 aliphatic heterocycles. The summed E-state index contributed by atoms with van der Waals surface area (Å²) < 4.78 is 11.6. The summed E-state index contributed by atoms with van der Waals surface area (Å²) in [6.07, 6.45) is 1.70.